The summed E-state index contributed by atoms with van der Waals surface area (Å²) < 4.78 is 5.79. The minimum atomic E-state index is -0.568. The zero-order valence-corrected chi connectivity index (χ0v) is 18.2. The summed E-state index contributed by atoms with van der Waals surface area (Å²) in [5.41, 5.74) is 3.16. The van der Waals surface area contributed by atoms with Gasteiger partial charge in [0.15, 0.2) is 6.61 Å². The Kier molecular flexibility index (Phi) is 7.50. The Bertz CT molecular complexity index is 840. The molecule has 160 valence electrons. The van der Waals surface area contributed by atoms with Gasteiger partial charge in [0.1, 0.15) is 11.8 Å². The number of carbonyl (C=O) groups excluding carboxylic acids is 2. The molecule has 1 N–H and O–H groups in total. The molecule has 0 bridgehead atoms. The number of benzene rings is 2. The van der Waals surface area contributed by atoms with Gasteiger partial charge in [0.2, 0.25) is 5.91 Å². The molecule has 0 unspecified atom stereocenters. The molecule has 5 heteroatoms. The average molecular weight is 409 g/mol. The van der Waals surface area contributed by atoms with E-state index in [2.05, 4.69) is 11.4 Å². The molecule has 2 aromatic rings. The fourth-order valence-electron chi connectivity index (χ4n) is 4.00. The largest absolute Gasteiger partial charge is 0.484 e. The minimum Gasteiger partial charge on any atom is -0.484 e. The SMILES string of the molecule is Cc1cc(C)cc(OCC(=O)N(Cc2ccccc2)[C@@H](C)C(=O)NC2CCCC2)c1. The third-order valence-electron chi connectivity index (χ3n) is 5.62. The van der Waals surface area contributed by atoms with Crippen molar-refractivity contribution >= 4 is 11.8 Å². The Morgan fingerprint density at radius 2 is 1.70 bits per heavy atom. The van der Waals surface area contributed by atoms with Crippen LogP contribution >= 0.6 is 0 Å². The summed E-state index contributed by atoms with van der Waals surface area (Å²) in [5.74, 6) is 0.369. The van der Waals surface area contributed by atoms with Crippen LogP contribution in [0.2, 0.25) is 0 Å². The van der Waals surface area contributed by atoms with Crippen molar-refractivity contribution in [3.63, 3.8) is 0 Å². The summed E-state index contributed by atoms with van der Waals surface area (Å²) in [4.78, 5) is 27.6. The predicted molar refractivity (Wildman–Crippen MR) is 118 cm³/mol. The molecule has 0 spiro atoms. The summed E-state index contributed by atoms with van der Waals surface area (Å²) in [5, 5.41) is 3.11. The number of rotatable bonds is 8. The number of amides is 2. The first kappa shape index (κ1) is 21.9. The zero-order valence-electron chi connectivity index (χ0n) is 18.2. The van der Waals surface area contributed by atoms with Crippen LogP contribution in [0.1, 0.15) is 49.3 Å². The molecule has 30 heavy (non-hydrogen) atoms. The third-order valence-corrected chi connectivity index (χ3v) is 5.62. The topological polar surface area (TPSA) is 58.6 Å². The number of nitrogens with one attached hydrogen (secondary N) is 1. The Morgan fingerprint density at radius 1 is 1.07 bits per heavy atom. The van der Waals surface area contributed by atoms with Crippen molar-refractivity contribution in [2.75, 3.05) is 6.61 Å². The fraction of sp³-hybridized carbons (Fsp3) is 0.440. The van der Waals surface area contributed by atoms with Gasteiger partial charge in [-0.25, -0.2) is 0 Å². The number of hydrogen-bond acceptors (Lipinski definition) is 3. The molecule has 1 fully saturated rings. The molecule has 2 aromatic carbocycles. The first-order chi connectivity index (χ1) is 14.4. The molecule has 1 aliphatic rings. The van der Waals surface area contributed by atoms with E-state index in [1.54, 1.807) is 11.8 Å². The van der Waals surface area contributed by atoms with Crippen LogP contribution in [-0.4, -0.2) is 35.4 Å². The second-order valence-electron chi connectivity index (χ2n) is 8.29. The van der Waals surface area contributed by atoms with Gasteiger partial charge in [-0.2, -0.15) is 0 Å². The minimum absolute atomic E-state index is 0.0995. The van der Waals surface area contributed by atoms with Gasteiger partial charge in [-0.05, 0) is 62.4 Å². The highest BCUT2D eigenvalue weighted by molar-refractivity contribution is 5.88. The maximum atomic E-state index is 13.1. The van der Waals surface area contributed by atoms with Crippen LogP contribution in [0.3, 0.4) is 0 Å². The average Bonchev–Trinajstić information content (AvgIpc) is 3.23. The molecule has 0 radical (unpaired) electrons. The highest BCUT2D eigenvalue weighted by Gasteiger charge is 2.28. The maximum Gasteiger partial charge on any atom is 0.261 e. The summed E-state index contributed by atoms with van der Waals surface area (Å²) in [6, 6.07) is 15.3. The quantitative estimate of drug-likeness (QED) is 0.714. The van der Waals surface area contributed by atoms with Crippen LogP contribution in [0.5, 0.6) is 5.75 Å². The molecule has 0 aromatic heterocycles. The van der Waals surface area contributed by atoms with Gasteiger partial charge in [0, 0.05) is 12.6 Å². The Morgan fingerprint density at radius 3 is 2.33 bits per heavy atom. The van der Waals surface area contributed by atoms with Crippen molar-refractivity contribution in [1.82, 2.24) is 10.2 Å². The smallest absolute Gasteiger partial charge is 0.261 e. The molecular formula is C25H32N2O3. The number of ether oxygens (including phenoxy) is 1. The van der Waals surface area contributed by atoms with Gasteiger partial charge >= 0.3 is 0 Å². The summed E-state index contributed by atoms with van der Waals surface area (Å²) in [6.07, 6.45) is 4.33. The maximum absolute atomic E-state index is 13.1. The highest BCUT2D eigenvalue weighted by Crippen LogP contribution is 2.19. The standard InChI is InChI=1S/C25H32N2O3/c1-18-13-19(2)15-23(14-18)30-17-24(28)27(16-21-9-5-4-6-10-21)20(3)25(29)26-22-11-7-8-12-22/h4-6,9-10,13-15,20,22H,7-8,11-12,16-17H2,1-3H3,(H,26,29)/t20-/m0/s1. The lowest BCUT2D eigenvalue weighted by Crippen LogP contribution is -2.50. The van der Waals surface area contributed by atoms with Crippen LogP contribution in [0.4, 0.5) is 0 Å². The van der Waals surface area contributed by atoms with Gasteiger partial charge in [0.25, 0.3) is 5.91 Å². The lowest BCUT2D eigenvalue weighted by molar-refractivity contribution is -0.142. The molecule has 1 atom stereocenters. The summed E-state index contributed by atoms with van der Waals surface area (Å²) >= 11 is 0. The van der Waals surface area contributed by atoms with Gasteiger partial charge in [-0.3, -0.25) is 9.59 Å². The Labute approximate surface area is 179 Å². The van der Waals surface area contributed by atoms with E-state index >= 15 is 0 Å². The van der Waals surface area contributed by atoms with Crippen molar-refractivity contribution in [2.45, 2.75) is 65.1 Å². The van der Waals surface area contributed by atoms with Crippen LogP contribution in [-0.2, 0) is 16.1 Å². The molecule has 0 heterocycles. The first-order valence-corrected chi connectivity index (χ1v) is 10.8. The van der Waals surface area contributed by atoms with Crippen molar-refractivity contribution < 1.29 is 14.3 Å². The van der Waals surface area contributed by atoms with Crippen LogP contribution < -0.4 is 10.1 Å². The van der Waals surface area contributed by atoms with Crippen molar-refractivity contribution in [1.29, 1.82) is 0 Å². The van der Waals surface area contributed by atoms with Crippen LogP contribution in [0.25, 0.3) is 0 Å². The van der Waals surface area contributed by atoms with E-state index in [1.807, 2.05) is 56.3 Å². The van der Waals surface area contributed by atoms with Crippen LogP contribution in [0, 0.1) is 13.8 Å². The molecule has 0 aliphatic heterocycles. The van der Waals surface area contributed by atoms with E-state index < -0.39 is 6.04 Å². The van der Waals surface area contributed by atoms with Gasteiger partial charge in [0.05, 0.1) is 0 Å². The highest BCUT2D eigenvalue weighted by atomic mass is 16.5. The molecule has 1 saturated carbocycles. The lowest BCUT2D eigenvalue weighted by atomic mass is 10.1. The molecule has 2 amide bonds. The molecule has 1 aliphatic carbocycles. The van der Waals surface area contributed by atoms with Crippen molar-refractivity contribution in [2.24, 2.45) is 0 Å². The van der Waals surface area contributed by atoms with E-state index in [0.717, 1.165) is 42.4 Å². The number of carbonyl (C=O) groups is 2. The third kappa shape index (κ3) is 6.09. The van der Waals surface area contributed by atoms with Crippen LogP contribution in [0.15, 0.2) is 48.5 Å². The predicted octanol–water partition coefficient (Wildman–Crippen LogP) is 4.16. The van der Waals surface area contributed by atoms with E-state index in [0.29, 0.717) is 12.3 Å². The second kappa shape index (κ2) is 10.3. The Balaban J connectivity index is 1.70. The molecule has 0 saturated heterocycles. The van der Waals surface area contributed by atoms with Crippen molar-refractivity contribution in [3.8, 4) is 5.75 Å². The fourth-order valence-corrected chi connectivity index (χ4v) is 4.00. The van der Waals surface area contributed by atoms with E-state index in [9.17, 15) is 9.59 Å². The van der Waals surface area contributed by atoms with Gasteiger partial charge in [-0.15, -0.1) is 0 Å². The number of hydrogen-bond donors (Lipinski definition) is 1. The first-order valence-electron chi connectivity index (χ1n) is 10.8. The second-order valence-corrected chi connectivity index (χ2v) is 8.29. The van der Waals surface area contributed by atoms with Gasteiger partial charge in [-0.1, -0.05) is 49.2 Å². The molecular weight excluding hydrogens is 376 g/mol. The number of nitrogens with zero attached hydrogens (tertiary/aromatic N) is 1. The normalized spacial score (nSPS) is 14.9. The Hall–Kier alpha value is -2.82. The van der Waals surface area contributed by atoms with Gasteiger partial charge < -0.3 is 15.0 Å². The van der Waals surface area contributed by atoms with E-state index in [-0.39, 0.29) is 24.5 Å². The molecule has 3 rings (SSSR count). The zero-order chi connectivity index (χ0) is 21.5. The lowest BCUT2D eigenvalue weighted by Gasteiger charge is -2.29. The van der Waals surface area contributed by atoms with E-state index in [4.69, 9.17) is 4.74 Å². The summed E-state index contributed by atoms with van der Waals surface area (Å²) in [6.45, 7) is 6.06. The summed E-state index contributed by atoms with van der Waals surface area (Å²) in [7, 11) is 0. The monoisotopic (exact) mass is 408 g/mol. The molecule has 5 nitrogen and oxygen atoms in total. The van der Waals surface area contributed by atoms with E-state index in [1.165, 1.54) is 0 Å². The van der Waals surface area contributed by atoms with Crippen molar-refractivity contribution in [3.05, 3.63) is 65.2 Å². The number of aryl methyl sites for hydroxylation is 2.